The summed E-state index contributed by atoms with van der Waals surface area (Å²) in [6.45, 7) is 4.39. The molecule has 0 aliphatic carbocycles. The molecule has 0 spiro atoms. The van der Waals surface area contributed by atoms with Gasteiger partial charge < -0.3 is 26.6 Å². The Labute approximate surface area is 170 Å². The highest BCUT2D eigenvalue weighted by Crippen LogP contribution is 2.19. The Hall–Kier alpha value is -2.65. The Balaban J connectivity index is 2.21. The standard InChI is InChI=1S/C19H31N5O5/c1-11(2)10-13-18(28)23-12(17(20)27)5-6-16(26)24-9-3-4-14(24)19(29)21-8-7-15(25)22-13/h11-14H,3-10H2,1-2H3,(H2,20,27)(H,21,29)(H,22,25)(H,23,28)/t12-,13-,14+/m0/s1. The zero-order chi connectivity index (χ0) is 21.6. The number of carbonyl (C=O) groups is 5. The van der Waals surface area contributed by atoms with Crippen LogP contribution in [0.2, 0.25) is 0 Å². The van der Waals surface area contributed by atoms with Gasteiger partial charge in [0.1, 0.15) is 18.1 Å². The summed E-state index contributed by atoms with van der Waals surface area (Å²) >= 11 is 0. The number of nitrogens with two attached hydrogens (primary N) is 1. The molecular formula is C19H31N5O5. The number of nitrogens with one attached hydrogen (secondary N) is 3. The van der Waals surface area contributed by atoms with Crippen molar-refractivity contribution in [3.63, 3.8) is 0 Å². The summed E-state index contributed by atoms with van der Waals surface area (Å²) in [6.07, 6.45) is 1.66. The van der Waals surface area contributed by atoms with E-state index in [1.807, 2.05) is 13.8 Å². The second-order valence-corrected chi connectivity index (χ2v) is 8.04. The molecule has 2 aliphatic heterocycles. The zero-order valence-electron chi connectivity index (χ0n) is 17.0. The lowest BCUT2D eigenvalue weighted by molar-refractivity contribution is -0.139. The van der Waals surface area contributed by atoms with Crippen molar-refractivity contribution in [1.82, 2.24) is 20.9 Å². The maximum Gasteiger partial charge on any atom is 0.243 e. The van der Waals surface area contributed by atoms with Crippen LogP contribution in [0.5, 0.6) is 0 Å². The van der Waals surface area contributed by atoms with Crippen LogP contribution in [0.4, 0.5) is 0 Å². The molecule has 2 rings (SSSR count). The van der Waals surface area contributed by atoms with E-state index >= 15 is 0 Å². The van der Waals surface area contributed by atoms with Gasteiger partial charge in [-0.1, -0.05) is 13.8 Å². The fraction of sp³-hybridized carbons (Fsp3) is 0.737. The van der Waals surface area contributed by atoms with Crippen LogP contribution < -0.4 is 21.7 Å². The second kappa shape index (κ2) is 10.2. The predicted octanol–water partition coefficient (Wildman–Crippen LogP) is -1.22. The fourth-order valence-corrected chi connectivity index (χ4v) is 3.69. The third kappa shape index (κ3) is 6.43. The van der Waals surface area contributed by atoms with Gasteiger partial charge in [0.2, 0.25) is 29.5 Å². The minimum Gasteiger partial charge on any atom is -0.368 e. The maximum atomic E-state index is 12.7. The number of nitrogens with zero attached hydrogens (tertiary/aromatic N) is 1. The lowest BCUT2D eigenvalue weighted by Gasteiger charge is -2.25. The number of hydrogen-bond donors (Lipinski definition) is 4. The minimum atomic E-state index is -1.03. The highest BCUT2D eigenvalue weighted by atomic mass is 16.2. The molecule has 0 saturated carbocycles. The van der Waals surface area contributed by atoms with Gasteiger partial charge in [0.05, 0.1) is 0 Å². The van der Waals surface area contributed by atoms with Crippen LogP contribution in [0.1, 0.15) is 52.4 Å². The molecule has 0 aromatic carbocycles. The van der Waals surface area contributed by atoms with E-state index in [1.54, 1.807) is 0 Å². The van der Waals surface area contributed by atoms with E-state index in [-0.39, 0.29) is 49.4 Å². The topological polar surface area (TPSA) is 151 Å². The van der Waals surface area contributed by atoms with Crippen molar-refractivity contribution < 1.29 is 24.0 Å². The van der Waals surface area contributed by atoms with Crippen LogP contribution in [0.3, 0.4) is 0 Å². The van der Waals surface area contributed by atoms with Crippen LogP contribution in [-0.2, 0) is 24.0 Å². The summed E-state index contributed by atoms with van der Waals surface area (Å²) in [5.74, 6) is -2.07. The van der Waals surface area contributed by atoms with Crippen molar-refractivity contribution in [3.8, 4) is 0 Å². The van der Waals surface area contributed by atoms with Crippen LogP contribution in [0.15, 0.2) is 0 Å². The van der Waals surface area contributed by atoms with E-state index in [4.69, 9.17) is 5.73 Å². The van der Waals surface area contributed by atoms with Gasteiger partial charge in [0.15, 0.2) is 0 Å². The quantitative estimate of drug-likeness (QED) is 0.461. The summed E-state index contributed by atoms with van der Waals surface area (Å²) in [4.78, 5) is 63.3. The molecule has 0 aromatic heterocycles. The Kier molecular flexibility index (Phi) is 7.98. The van der Waals surface area contributed by atoms with Gasteiger partial charge in [-0.25, -0.2) is 0 Å². The average molecular weight is 409 g/mol. The van der Waals surface area contributed by atoms with Crippen LogP contribution in [-0.4, -0.2) is 65.7 Å². The largest absolute Gasteiger partial charge is 0.368 e. The molecule has 2 aliphatic rings. The van der Waals surface area contributed by atoms with Crippen molar-refractivity contribution in [3.05, 3.63) is 0 Å². The monoisotopic (exact) mass is 409 g/mol. The number of rotatable bonds is 3. The van der Waals surface area contributed by atoms with Crippen molar-refractivity contribution in [1.29, 1.82) is 0 Å². The Bertz CT molecular complexity index is 665. The van der Waals surface area contributed by atoms with Crippen molar-refractivity contribution in [2.24, 2.45) is 11.7 Å². The van der Waals surface area contributed by atoms with E-state index in [0.717, 1.165) is 0 Å². The fourth-order valence-electron chi connectivity index (χ4n) is 3.69. The molecule has 29 heavy (non-hydrogen) atoms. The number of carbonyl (C=O) groups excluding carboxylic acids is 5. The lowest BCUT2D eigenvalue weighted by atomic mass is 10.0. The lowest BCUT2D eigenvalue weighted by Crippen LogP contribution is -2.53. The van der Waals surface area contributed by atoms with Crippen LogP contribution in [0.25, 0.3) is 0 Å². The predicted molar refractivity (Wildman–Crippen MR) is 104 cm³/mol. The molecule has 162 valence electrons. The van der Waals surface area contributed by atoms with Crippen molar-refractivity contribution >= 4 is 29.5 Å². The summed E-state index contributed by atoms with van der Waals surface area (Å²) < 4.78 is 0. The first-order valence-electron chi connectivity index (χ1n) is 10.1. The molecule has 2 fully saturated rings. The van der Waals surface area contributed by atoms with E-state index in [2.05, 4.69) is 16.0 Å². The van der Waals surface area contributed by atoms with E-state index in [1.165, 1.54) is 4.90 Å². The van der Waals surface area contributed by atoms with E-state index < -0.39 is 29.9 Å². The second-order valence-electron chi connectivity index (χ2n) is 8.04. The van der Waals surface area contributed by atoms with Gasteiger partial charge in [0.25, 0.3) is 0 Å². The summed E-state index contributed by atoms with van der Waals surface area (Å²) in [7, 11) is 0. The molecular weight excluding hydrogens is 378 g/mol. The van der Waals surface area contributed by atoms with Gasteiger partial charge in [-0.3, -0.25) is 24.0 Å². The summed E-state index contributed by atoms with van der Waals surface area (Å²) in [5, 5.41) is 7.93. The highest BCUT2D eigenvalue weighted by molar-refractivity contribution is 5.93. The molecule has 0 bridgehead atoms. The van der Waals surface area contributed by atoms with E-state index in [0.29, 0.717) is 25.8 Å². The normalized spacial score (nSPS) is 27.4. The molecule has 5 N–H and O–H groups in total. The first kappa shape index (κ1) is 22.6. The van der Waals surface area contributed by atoms with Crippen molar-refractivity contribution in [2.45, 2.75) is 70.5 Å². The molecule has 10 heteroatoms. The van der Waals surface area contributed by atoms with Crippen LogP contribution >= 0.6 is 0 Å². The highest BCUT2D eigenvalue weighted by Gasteiger charge is 2.35. The molecule has 0 radical (unpaired) electrons. The van der Waals surface area contributed by atoms with Gasteiger partial charge >= 0.3 is 0 Å². The third-order valence-electron chi connectivity index (χ3n) is 5.19. The van der Waals surface area contributed by atoms with Crippen LogP contribution in [0, 0.1) is 5.92 Å². The van der Waals surface area contributed by atoms with Gasteiger partial charge in [-0.2, -0.15) is 0 Å². The number of fused-ring (bicyclic) bond motifs is 1. The first-order chi connectivity index (χ1) is 13.7. The average Bonchev–Trinajstić information content (AvgIpc) is 3.12. The van der Waals surface area contributed by atoms with E-state index in [9.17, 15) is 24.0 Å². The Morgan fingerprint density at radius 1 is 1.10 bits per heavy atom. The zero-order valence-corrected chi connectivity index (χ0v) is 17.0. The summed E-state index contributed by atoms with van der Waals surface area (Å²) in [6, 6.07) is -2.44. The number of primary amides is 1. The molecule has 2 heterocycles. The molecule has 10 nitrogen and oxygen atoms in total. The SMILES string of the molecule is CC(C)C[C@@H]1NC(=O)CCNC(=O)[C@H]2CCCN2C(=O)CC[C@@H](C(N)=O)NC1=O. The summed E-state index contributed by atoms with van der Waals surface area (Å²) in [5.41, 5.74) is 5.41. The van der Waals surface area contributed by atoms with Gasteiger partial charge in [0, 0.05) is 25.9 Å². The number of amides is 5. The number of hydrogen-bond acceptors (Lipinski definition) is 5. The molecule has 0 aromatic rings. The molecule has 0 unspecified atom stereocenters. The smallest absolute Gasteiger partial charge is 0.243 e. The first-order valence-corrected chi connectivity index (χ1v) is 10.1. The van der Waals surface area contributed by atoms with Gasteiger partial charge in [-0.15, -0.1) is 0 Å². The Morgan fingerprint density at radius 3 is 2.48 bits per heavy atom. The van der Waals surface area contributed by atoms with Crippen molar-refractivity contribution in [2.75, 3.05) is 13.1 Å². The van der Waals surface area contributed by atoms with Gasteiger partial charge in [-0.05, 0) is 31.6 Å². The molecule has 3 atom stereocenters. The Morgan fingerprint density at radius 2 is 1.83 bits per heavy atom. The minimum absolute atomic E-state index is 0.00747. The molecule has 5 amide bonds. The third-order valence-corrected chi connectivity index (χ3v) is 5.19. The maximum absolute atomic E-state index is 12.7. The molecule has 2 saturated heterocycles.